The van der Waals surface area contributed by atoms with Crippen molar-refractivity contribution in [3.63, 3.8) is 0 Å². The quantitative estimate of drug-likeness (QED) is 0.430. The maximum absolute atomic E-state index is 12.6. The van der Waals surface area contributed by atoms with E-state index in [0.29, 0.717) is 30.5 Å². The molecule has 0 bridgehead atoms. The fraction of sp³-hybridized carbons (Fsp3) is 0.346. The number of aromatic nitrogens is 2. The second-order valence-electron chi connectivity index (χ2n) is 9.16. The molecule has 2 aliphatic rings. The molecular formula is C26H30N6O2. The largest absolute Gasteiger partial charge is 0.398 e. The van der Waals surface area contributed by atoms with Crippen LogP contribution >= 0.6 is 0 Å². The first kappa shape index (κ1) is 22.0. The molecule has 3 amide bonds. The number of urea groups is 1. The normalized spacial score (nSPS) is 16.5. The van der Waals surface area contributed by atoms with Crippen LogP contribution in [0.3, 0.4) is 0 Å². The van der Waals surface area contributed by atoms with Gasteiger partial charge in [-0.15, -0.1) is 0 Å². The third kappa shape index (κ3) is 4.48. The average molecular weight is 459 g/mol. The smallest absolute Gasteiger partial charge is 0.317 e. The molecule has 176 valence electrons. The molecule has 0 unspecified atom stereocenters. The minimum Gasteiger partial charge on any atom is -0.398 e. The Kier molecular flexibility index (Phi) is 5.96. The number of hydrogen-bond acceptors (Lipinski definition) is 4. The second kappa shape index (κ2) is 9.21. The minimum absolute atomic E-state index is 0.0413. The number of carbonyl (C=O) groups is 2. The Labute approximate surface area is 198 Å². The van der Waals surface area contributed by atoms with Gasteiger partial charge in [-0.2, -0.15) is 0 Å². The molecular weight excluding hydrogens is 428 g/mol. The summed E-state index contributed by atoms with van der Waals surface area (Å²) in [6.45, 7) is 2.77. The van der Waals surface area contributed by atoms with Crippen molar-refractivity contribution in [2.45, 2.75) is 45.1 Å². The highest BCUT2D eigenvalue weighted by Crippen LogP contribution is 2.34. The third-order valence-electron chi connectivity index (χ3n) is 6.74. The fourth-order valence-corrected chi connectivity index (χ4v) is 4.94. The van der Waals surface area contributed by atoms with Crippen LogP contribution in [-0.4, -0.2) is 45.9 Å². The van der Waals surface area contributed by atoms with Crippen molar-refractivity contribution >= 4 is 39.9 Å². The van der Waals surface area contributed by atoms with E-state index in [2.05, 4.69) is 32.7 Å². The molecule has 34 heavy (non-hydrogen) atoms. The van der Waals surface area contributed by atoms with Crippen LogP contribution in [0.2, 0.25) is 0 Å². The van der Waals surface area contributed by atoms with E-state index in [0.717, 1.165) is 47.0 Å². The lowest BCUT2D eigenvalue weighted by Gasteiger charge is -2.28. The van der Waals surface area contributed by atoms with Gasteiger partial charge < -0.3 is 26.3 Å². The molecule has 1 aliphatic heterocycles. The van der Waals surface area contributed by atoms with Crippen molar-refractivity contribution in [1.29, 1.82) is 0 Å². The van der Waals surface area contributed by atoms with E-state index in [-0.39, 0.29) is 11.9 Å². The summed E-state index contributed by atoms with van der Waals surface area (Å²) < 4.78 is 0. The summed E-state index contributed by atoms with van der Waals surface area (Å²) in [5.41, 5.74) is 12.4. The van der Waals surface area contributed by atoms with E-state index < -0.39 is 0 Å². The molecule has 8 nitrogen and oxygen atoms in total. The number of anilines is 2. The average Bonchev–Trinajstić information content (AvgIpc) is 3.49. The number of nitrogens with two attached hydrogens (primary N) is 1. The highest BCUT2D eigenvalue weighted by atomic mass is 16.2. The predicted octanol–water partition coefficient (Wildman–Crippen LogP) is 4.51. The van der Waals surface area contributed by atoms with Gasteiger partial charge in [0, 0.05) is 71.9 Å². The zero-order valence-corrected chi connectivity index (χ0v) is 19.4. The molecule has 5 N–H and O–H groups in total. The van der Waals surface area contributed by atoms with Gasteiger partial charge in [0.05, 0.1) is 0 Å². The van der Waals surface area contributed by atoms with Gasteiger partial charge in [0.25, 0.3) is 0 Å². The Bertz CT molecular complexity index is 1270. The molecule has 0 saturated heterocycles. The van der Waals surface area contributed by atoms with Gasteiger partial charge in [-0.25, -0.2) is 9.78 Å². The van der Waals surface area contributed by atoms with Crippen molar-refractivity contribution in [1.82, 2.24) is 20.2 Å². The number of nitrogen functional groups attached to an aromatic ring is 1. The van der Waals surface area contributed by atoms with Crippen LogP contribution in [0.4, 0.5) is 16.2 Å². The standard InChI is InChI=1S/C26H30N6O2/c1-16(33)30-20-6-7-24(27)21(13-20)18-12-22-23(15-29-25(22)28-14-18)17-8-10-32(11-9-17)26(34)31-19-4-2-3-5-19/h6-8,12-15,19H,2-5,9-11,27H2,1H3,(H,28,29)(H,30,33)(H,31,34). The molecule has 0 radical (unpaired) electrons. The van der Waals surface area contributed by atoms with Crippen LogP contribution in [0.1, 0.15) is 44.6 Å². The summed E-state index contributed by atoms with van der Waals surface area (Å²) in [6, 6.07) is 7.89. The number of nitrogens with one attached hydrogen (secondary N) is 3. The third-order valence-corrected chi connectivity index (χ3v) is 6.74. The topological polar surface area (TPSA) is 116 Å². The molecule has 0 atom stereocenters. The van der Waals surface area contributed by atoms with Crippen molar-refractivity contribution in [3.8, 4) is 11.1 Å². The number of H-pyrrole nitrogens is 1. The number of aromatic amines is 1. The highest BCUT2D eigenvalue weighted by Gasteiger charge is 2.23. The van der Waals surface area contributed by atoms with Crippen LogP contribution in [0.25, 0.3) is 27.7 Å². The number of rotatable bonds is 4. The minimum atomic E-state index is -0.132. The molecule has 1 saturated carbocycles. The summed E-state index contributed by atoms with van der Waals surface area (Å²) in [4.78, 5) is 33.8. The maximum atomic E-state index is 12.6. The van der Waals surface area contributed by atoms with E-state index in [1.54, 1.807) is 18.3 Å². The van der Waals surface area contributed by atoms with E-state index in [1.165, 1.54) is 25.3 Å². The van der Waals surface area contributed by atoms with Crippen LogP contribution < -0.4 is 16.4 Å². The Morgan fingerprint density at radius 1 is 1.18 bits per heavy atom. The van der Waals surface area contributed by atoms with Crippen LogP contribution in [-0.2, 0) is 4.79 Å². The van der Waals surface area contributed by atoms with Crippen molar-refractivity contribution in [2.24, 2.45) is 0 Å². The Morgan fingerprint density at radius 3 is 2.74 bits per heavy atom. The molecule has 1 fully saturated rings. The number of hydrogen-bond donors (Lipinski definition) is 4. The molecule has 3 aromatic rings. The van der Waals surface area contributed by atoms with Gasteiger partial charge in [0.15, 0.2) is 0 Å². The summed E-state index contributed by atoms with van der Waals surface area (Å²) in [5.74, 6) is -0.132. The number of amides is 3. The lowest BCUT2D eigenvalue weighted by molar-refractivity contribution is -0.114. The van der Waals surface area contributed by atoms with E-state index >= 15 is 0 Å². The number of benzene rings is 1. The Balaban J connectivity index is 1.38. The Morgan fingerprint density at radius 2 is 2.00 bits per heavy atom. The molecule has 3 heterocycles. The lowest BCUT2D eigenvalue weighted by Crippen LogP contribution is -2.45. The first-order valence-corrected chi connectivity index (χ1v) is 11.9. The van der Waals surface area contributed by atoms with Crippen molar-refractivity contribution in [2.75, 3.05) is 24.1 Å². The SMILES string of the molecule is CC(=O)Nc1ccc(N)c(-c2cnc3[nH]cc(C4=CCN(C(=O)NC5CCCC5)CC4)c3c2)c1. The van der Waals surface area contributed by atoms with Crippen LogP contribution in [0.5, 0.6) is 0 Å². The maximum Gasteiger partial charge on any atom is 0.317 e. The monoisotopic (exact) mass is 458 g/mol. The van der Waals surface area contributed by atoms with Gasteiger partial charge in [0.2, 0.25) is 5.91 Å². The number of pyridine rings is 1. The molecule has 5 rings (SSSR count). The fourth-order valence-electron chi connectivity index (χ4n) is 4.94. The second-order valence-corrected chi connectivity index (χ2v) is 9.16. The summed E-state index contributed by atoms with van der Waals surface area (Å²) in [6.07, 6.45) is 11.3. The van der Waals surface area contributed by atoms with Crippen molar-refractivity contribution in [3.05, 3.63) is 48.3 Å². The van der Waals surface area contributed by atoms with E-state index in [4.69, 9.17) is 5.73 Å². The van der Waals surface area contributed by atoms with Gasteiger partial charge in [-0.1, -0.05) is 18.9 Å². The molecule has 2 aromatic heterocycles. The van der Waals surface area contributed by atoms with Crippen LogP contribution in [0, 0.1) is 0 Å². The summed E-state index contributed by atoms with van der Waals surface area (Å²) in [7, 11) is 0. The number of nitrogens with zero attached hydrogens (tertiary/aromatic N) is 2. The zero-order valence-electron chi connectivity index (χ0n) is 19.4. The first-order chi connectivity index (χ1) is 16.5. The predicted molar refractivity (Wildman–Crippen MR) is 135 cm³/mol. The number of fused-ring (bicyclic) bond motifs is 1. The van der Waals surface area contributed by atoms with Crippen LogP contribution in [0.15, 0.2) is 42.7 Å². The summed E-state index contributed by atoms with van der Waals surface area (Å²) >= 11 is 0. The molecule has 8 heteroatoms. The van der Waals surface area contributed by atoms with Gasteiger partial charge in [0.1, 0.15) is 5.65 Å². The van der Waals surface area contributed by atoms with E-state index in [1.807, 2.05) is 17.2 Å². The summed E-state index contributed by atoms with van der Waals surface area (Å²) in [5, 5.41) is 7.00. The van der Waals surface area contributed by atoms with Gasteiger partial charge in [-0.3, -0.25) is 4.79 Å². The molecule has 0 spiro atoms. The van der Waals surface area contributed by atoms with Crippen molar-refractivity contribution < 1.29 is 9.59 Å². The molecule has 1 aromatic carbocycles. The van der Waals surface area contributed by atoms with E-state index in [9.17, 15) is 9.59 Å². The lowest BCUT2D eigenvalue weighted by atomic mass is 9.97. The zero-order chi connectivity index (χ0) is 23.7. The highest BCUT2D eigenvalue weighted by molar-refractivity contribution is 5.96. The van der Waals surface area contributed by atoms with Gasteiger partial charge in [-0.05, 0) is 49.1 Å². The Hall–Kier alpha value is -3.81. The van der Waals surface area contributed by atoms with Gasteiger partial charge >= 0.3 is 6.03 Å². The first-order valence-electron chi connectivity index (χ1n) is 11.9. The number of carbonyl (C=O) groups excluding carboxylic acids is 2. The molecule has 1 aliphatic carbocycles.